The zero-order valence-corrected chi connectivity index (χ0v) is 21.3. The molecule has 2 aromatic heterocycles. The Bertz CT molecular complexity index is 1480. The Morgan fingerprint density at radius 2 is 1.65 bits per heavy atom. The van der Waals surface area contributed by atoms with E-state index in [-0.39, 0.29) is 11.6 Å². The Hall–Kier alpha value is -4.87. The van der Waals surface area contributed by atoms with E-state index in [2.05, 4.69) is 15.3 Å². The predicted molar refractivity (Wildman–Crippen MR) is 140 cm³/mol. The maximum absolute atomic E-state index is 13.6. The van der Waals surface area contributed by atoms with E-state index in [9.17, 15) is 22.8 Å². The molecule has 4 aromatic rings. The van der Waals surface area contributed by atoms with Gasteiger partial charge in [0.2, 0.25) is 11.7 Å². The number of oxazole rings is 1. The van der Waals surface area contributed by atoms with Crippen LogP contribution in [0.25, 0.3) is 11.5 Å². The van der Waals surface area contributed by atoms with Gasteiger partial charge in [0.25, 0.3) is 5.91 Å². The first-order valence-corrected chi connectivity index (χ1v) is 12.4. The number of carbonyl (C=O) groups excluding carboxylic acids is 2. The highest BCUT2D eigenvalue weighted by Crippen LogP contribution is 2.35. The quantitative estimate of drug-likeness (QED) is 0.343. The molecule has 40 heavy (non-hydrogen) atoms. The van der Waals surface area contributed by atoms with Crippen molar-refractivity contribution in [1.82, 2.24) is 14.9 Å². The van der Waals surface area contributed by atoms with Crippen molar-refractivity contribution in [2.24, 2.45) is 0 Å². The van der Waals surface area contributed by atoms with Gasteiger partial charge in [-0.1, -0.05) is 35.9 Å². The number of halogens is 3. The molecule has 1 N–H and O–H groups in total. The largest absolute Gasteiger partial charge is 0.452 e. The number of carbonyl (C=O) groups is 2. The summed E-state index contributed by atoms with van der Waals surface area (Å²) >= 11 is 0. The molecule has 0 unspecified atom stereocenters. The zero-order chi connectivity index (χ0) is 28.3. The summed E-state index contributed by atoms with van der Waals surface area (Å²) in [5.41, 5.74) is 0.685. The van der Waals surface area contributed by atoms with E-state index in [1.165, 1.54) is 24.4 Å². The fourth-order valence-electron chi connectivity index (χ4n) is 4.10. The van der Waals surface area contributed by atoms with Crippen molar-refractivity contribution in [3.63, 3.8) is 0 Å². The molecule has 206 valence electrons. The molecule has 5 rings (SSSR count). The summed E-state index contributed by atoms with van der Waals surface area (Å²) in [6, 6.07) is 18.4. The number of amides is 2. The number of piperazine rings is 1. The fraction of sp³-hybridized carbons (Fsp3) is 0.214. The van der Waals surface area contributed by atoms with Crippen molar-refractivity contribution in [2.45, 2.75) is 13.1 Å². The van der Waals surface area contributed by atoms with Crippen molar-refractivity contribution < 1.29 is 31.9 Å². The predicted octanol–water partition coefficient (Wildman–Crippen LogP) is 5.64. The minimum absolute atomic E-state index is 0.187. The van der Waals surface area contributed by atoms with Gasteiger partial charge in [-0.2, -0.15) is 13.2 Å². The molecule has 1 saturated heterocycles. The third kappa shape index (κ3) is 6.06. The number of anilines is 2. The number of hydrogen-bond donors (Lipinski definition) is 1. The van der Waals surface area contributed by atoms with E-state index >= 15 is 0 Å². The molecule has 9 nitrogen and oxygen atoms in total. The van der Waals surface area contributed by atoms with Crippen LogP contribution in [-0.4, -0.2) is 53.0 Å². The van der Waals surface area contributed by atoms with Gasteiger partial charge in [-0.15, -0.1) is 0 Å². The molecule has 1 aliphatic rings. The molecule has 0 spiro atoms. The molecule has 3 heterocycles. The lowest BCUT2D eigenvalue weighted by atomic mass is 10.2. The second kappa shape index (κ2) is 11.1. The minimum atomic E-state index is -4.91. The summed E-state index contributed by atoms with van der Waals surface area (Å²) in [5.74, 6) is -1.80. The number of alkyl halides is 3. The molecule has 2 amide bonds. The lowest BCUT2D eigenvalue weighted by molar-refractivity contribution is -0.153. The van der Waals surface area contributed by atoms with E-state index in [0.29, 0.717) is 43.3 Å². The van der Waals surface area contributed by atoms with Crippen LogP contribution in [0.5, 0.6) is 5.75 Å². The molecular formula is C28H24F3N5O4. The number of aromatic nitrogens is 2. The van der Waals surface area contributed by atoms with E-state index in [1.54, 1.807) is 41.3 Å². The van der Waals surface area contributed by atoms with Crippen LogP contribution in [0, 0.1) is 6.92 Å². The summed E-state index contributed by atoms with van der Waals surface area (Å²) in [6.07, 6.45) is -4.00. The minimum Gasteiger partial charge on any atom is -0.431 e. The molecule has 1 aliphatic heterocycles. The standard InChI is InChI=1S/C28H24F3N5O4/c1-18-7-10-21(11-8-18)39-27(38)36-15-13-35(14-16-36)22-12-9-20(17-32-22)33-25(37)23-24(28(29,30)31)40-26(34-23)19-5-3-2-4-6-19/h2-12,17H,13-16H2,1H3,(H,33,37). The molecule has 2 aromatic carbocycles. The first kappa shape index (κ1) is 26.7. The highest BCUT2D eigenvalue weighted by molar-refractivity contribution is 6.04. The van der Waals surface area contributed by atoms with Crippen LogP contribution in [0.15, 0.2) is 77.3 Å². The maximum Gasteiger partial charge on any atom is 0.452 e. The van der Waals surface area contributed by atoms with Crippen molar-refractivity contribution in [1.29, 1.82) is 0 Å². The summed E-state index contributed by atoms with van der Waals surface area (Å²) in [5, 5.41) is 2.40. The number of benzene rings is 2. The highest BCUT2D eigenvalue weighted by Gasteiger charge is 2.42. The average molecular weight is 552 g/mol. The maximum atomic E-state index is 13.6. The second-order valence-corrected chi connectivity index (χ2v) is 9.07. The van der Waals surface area contributed by atoms with Crippen molar-refractivity contribution in [2.75, 3.05) is 36.4 Å². The van der Waals surface area contributed by atoms with Gasteiger partial charge in [0, 0.05) is 31.7 Å². The van der Waals surface area contributed by atoms with Gasteiger partial charge < -0.3 is 24.3 Å². The van der Waals surface area contributed by atoms with E-state index in [1.807, 2.05) is 24.0 Å². The van der Waals surface area contributed by atoms with E-state index < -0.39 is 29.6 Å². The SMILES string of the molecule is Cc1ccc(OC(=O)N2CCN(c3ccc(NC(=O)c4nc(-c5ccccc5)oc4C(F)(F)F)cn3)CC2)cc1. The first-order chi connectivity index (χ1) is 19.2. The topological polar surface area (TPSA) is 101 Å². The van der Waals surface area contributed by atoms with Crippen LogP contribution >= 0.6 is 0 Å². The first-order valence-electron chi connectivity index (χ1n) is 12.4. The summed E-state index contributed by atoms with van der Waals surface area (Å²) in [6.45, 7) is 3.78. The number of nitrogens with one attached hydrogen (secondary N) is 1. The van der Waals surface area contributed by atoms with Crippen molar-refractivity contribution >= 4 is 23.5 Å². The Balaban J connectivity index is 1.20. The average Bonchev–Trinajstić information content (AvgIpc) is 3.42. The fourth-order valence-corrected chi connectivity index (χ4v) is 4.10. The number of rotatable bonds is 5. The Kier molecular flexibility index (Phi) is 7.41. The van der Waals surface area contributed by atoms with Crippen molar-refractivity contribution in [3.8, 4) is 17.2 Å². The number of nitrogens with zero attached hydrogens (tertiary/aromatic N) is 4. The number of hydrogen-bond acceptors (Lipinski definition) is 7. The highest BCUT2D eigenvalue weighted by atomic mass is 19.4. The Morgan fingerprint density at radius 1 is 0.950 bits per heavy atom. The lowest BCUT2D eigenvalue weighted by Crippen LogP contribution is -2.49. The molecule has 0 aliphatic carbocycles. The van der Waals surface area contributed by atoms with Gasteiger partial charge >= 0.3 is 12.3 Å². The molecule has 12 heteroatoms. The molecule has 0 atom stereocenters. The number of ether oxygens (including phenoxy) is 1. The van der Waals surface area contributed by atoms with Gasteiger partial charge in [0.15, 0.2) is 5.69 Å². The van der Waals surface area contributed by atoms with E-state index in [0.717, 1.165) is 5.56 Å². The summed E-state index contributed by atoms with van der Waals surface area (Å²) in [7, 11) is 0. The van der Waals surface area contributed by atoms with Crippen LogP contribution in [0.1, 0.15) is 21.8 Å². The van der Waals surface area contributed by atoms with Crippen molar-refractivity contribution in [3.05, 3.63) is 89.9 Å². The summed E-state index contributed by atoms with van der Waals surface area (Å²) < 4.78 is 51.1. The molecule has 0 saturated carbocycles. The third-order valence-corrected chi connectivity index (χ3v) is 6.21. The normalized spacial score (nSPS) is 13.7. The second-order valence-electron chi connectivity index (χ2n) is 9.07. The van der Waals surface area contributed by atoms with Gasteiger partial charge in [-0.3, -0.25) is 4.79 Å². The Morgan fingerprint density at radius 3 is 2.27 bits per heavy atom. The van der Waals surface area contributed by atoms with Gasteiger partial charge in [-0.05, 0) is 43.3 Å². The zero-order valence-electron chi connectivity index (χ0n) is 21.3. The third-order valence-electron chi connectivity index (χ3n) is 6.21. The van der Waals surface area contributed by atoms with Crippen LogP contribution in [0.2, 0.25) is 0 Å². The monoisotopic (exact) mass is 551 g/mol. The number of pyridine rings is 1. The Labute approximate surface area is 227 Å². The molecular weight excluding hydrogens is 527 g/mol. The van der Waals surface area contributed by atoms with Crippen LogP contribution in [0.3, 0.4) is 0 Å². The van der Waals surface area contributed by atoms with Crippen LogP contribution < -0.4 is 15.0 Å². The number of aryl methyl sites for hydroxylation is 1. The van der Waals surface area contributed by atoms with E-state index in [4.69, 9.17) is 9.15 Å². The van der Waals surface area contributed by atoms with Gasteiger partial charge in [0.05, 0.1) is 11.9 Å². The molecule has 1 fully saturated rings. The summed E-state index contributed by atoms with van der Waals surface area (Å²) in [4.78, 5) is 36.9. The van der Waals surface area contributed by atoms with Crippen LogP contribution in [0.4, 0.5) is 29.5 Å². The molecule has 0 radical (unpaired) electrons. The van der Waals surface area contributed by atoms with Gasteiger partial charge in [-0.25, -0.2) is 14.8 Å². The molecule has 0 bridgehead atoms. The lowest BCUT2D eigenvalue weighted by Gasteiger charge is -2.34. The van der Waals surface area contributed by atoms with Crippen LogP contribution in [-0.2, 0) is 6.18 Å². The smallest absolute Gasteiger partial charge is 0.431 e. The van der Waals surface area contributed by atoms with Gasteiger partial charge in [0.1, 0.15) is 11.6 Å².